The molecule has 0 bridgehead atoms. The van der Waals surface area contributed by atoms with Crippen LogP contribution in [0.15, 0.2) is 66.4 Å². The third-order valence-corrected chi connectivity index (χ3v) is 5.40. The van der Waals surface area contributed by atoms with Gasteiger partial charge in [-0.2, -0.15) is 0 Å². The number of amides is 2. The molecule has 0 fully saturated rings. The highest BCUT2D eigenvalue weighted by Gasteiger charge is 2.23. The van der Waals surface area contributed by atoms with Crippen molar-refractivity contribution in [3.63, 3.8) is 0 Å². The highest BCUT2D eigenvalue weighted by Crippen LogP contribution is 2.33. The SMILES string of the molecule is COc1ccc(CNC(=O)c2ccc3c(c2)NC(=O)/C(=C/c2ccccc2Cl)O3)c(OC)c1. The Bertz CT molecular complexity index is 1260. The monoisotopic (exact) mass is 464 g/mol. The summed E-state index contributed by atoms with van der Waals surface area (Å²) in [5.74, 6) is 1.08. The van der Waals surface area contributed by atoms with Crippen LogP contribution in [0.5, 0.6) is 17.2 Å². The molecule has 0 aromatic heterocycles. The zero-order valence-electron chi connectivity index (χ0n) is 18.0. The molecule has 168 valence electrons. The Kier molecular flexibility index (Phi) is 6.51. The zero-order chi connectivity index (χ0) is 23.4. The van der Waals surface area contributed by atoms with E-state index in [9.17, 15) is 9.59 Å². The number of benzene rings is 3. The van der Waals surface area contributed by atoms with Crippen molar-refractivity contribution in [2.45, 2.75) is 6.54 Å². The van der Waals surface area contributed by atoms with Gasteiger partial charge in [0.25, 0.3) is 11.8 Å². The molecule has 3 aromatic carbocycles. The summed E-state index contributed by atoms with van der Waals surface area (Å²) in [7, 11) is 3.13. The summed E-state index contributed by atoms with van der Waals surface area (Å²) in [6, 6.07) is 17.3. The molecule has 8 heteroatoms. The van der Waals surface area contributed by atoms with E-state index < -0.39 is 5.91 Å². The van der Waals surface area contributed by atoms with Crippen LogP contribution in [-0.4, -0.2) is 26.0 Å². The average Bonchev–Trinajstić information content (AvgIpc) is 2.83. The second-order valence-corrected chi connectivity index (χ2v) is 7.56. The minimum atomic E-state index is -0.428. The molecule has 33 heavy (non-hydrogen) atoms. The van der Waals surface area contributed by atoms with Crippen LogP contribution in [0.3, 0.4) is 0 Å². The molecule has 7 nitrogen and oxygen atoms in total. The lowest BCUT2D eigenvalue weighted by atomic mass is 10.1. The molecular weight excluding hydrogens is 444 g/mol. The molecule has 2 amide bonds. The molecule has 2 N–H and O–H groups in total. The number of rotatable bonds is 6. The van der Waals surface area contributed by atoms with Crippen LogP contribution >= 0.6 is 11.6 Å². The van der Waals surface area contributed by atoms with E-state index in [1.54, 1.807) is 68.8 Å². The van der Waals surface area contributed by atoms with E-state index >= 15 is 0 Å². The molecule has 0 saturated heterocycles. The molecule has 0 atom stereocenters. The Morgan fingerprint density at radius 3 is 2.67 bits per heavy atom. The van der Waals surface area contributed by atoms with Crippen molar-refractivity contribution in [2.24, 2.45) is 0 Å². The molecule has 1 heterocycles. The summed E-state index contributed by atoms with van der Waals surface area (Å²) < 4.78 is 16.3. The minimum Gasteiger partial charge on any atom is -0.497 e. The first kappa shape index (κ1) is 22.2. The van der Waals surface area contributed by atoms with Crippen LogP contribution in [-0.2, 0) is 11.3 Å². The van der Waals surface area contributed by atoms with Gasteiger partial charge < -0.3 is 24.8 Å². The summed E-state index contributed by atoms with van der Waals surface area (Å²) in [4.78, 5) is 25.2. The van der Waals surface area contributed by atoms with Crippen LogP contribution < -0.4 is 24.8 Å². The van der Waals surface area contributed by atoms with Crippen molar-refractivity contribution < 1.29 is 23.8 Å². The average molecular weight is 465 g/mol. The fourth-order valence-corrected chi connectivity index (χ4v) is 3.50. The zero-order valence-corrected chi connectivity index (χ0v) is 18.7. The molecule has 1 aliphatic heterocycles. The number of ether oxygens (including phenoxy) is 3. The van der Waals surface area contributed by atoms with E-state index in [2.05, 4.69) is 10.6 Å². The minimum absolute atomic E-state index is 0.111. The standard InChI is InChI=1S/C25H21ClN2O5/c1-31-18-9-7-17(22(13-18)32-2)14-27-24(29)16-8-10-21-20(11-16)28-25(30)23(33-21)12-15-5-3-4-6-19(15)26/h3-13H,14H2,1-2H3,(H,27,29)(H,28,30)/b23-12-. The second-order valence-electron chi connectivity index (χ2n) is 7.16. The van der Waals surface area contributed by atoms with Gasteiger partial charge in [-0.3, -0.25) is 9.59 Å². The Balaban J connectivity index is 1.48. The van der Waals surface area contributed by atoms with Gasteiger partial charge >= 0.3 is 0 Å². The van der Waals surface area contributed by atoms with E-state index in [4.69, 9.17) is 25.8 Å². The number of halogens is 1. The predicted octanol–water partition coefficient (Wildman–Crippen LogP) is 4.66. The van der Waals surface area contributed by atoms with Gasteiger partial charge in [0.15, 0.2) is 11.5 Å². The Morgan fingerprint density at radius 2 is 1.91 bits per heavy atom. The van der Waals surface area contributed by atoms with Gasteiger partial charge in [-0.25, -0.2) is 0 Å². The van der Waals surface area contributed by atoms with E-state index in [0.29, 0.717) is 39.1 Å². The van der Waals surface area contributed by atoms with Crippen LogP contribution in [0.2, 0.25) is 5.02 Å². The number of carbonyl (C=O) groups is 2. The maximum absolute atomic E-state index is 12.7. The number of nitrogens with one attached hydrogen (secondary N) is 2. The summed E-state index contributed by atoms with van der Waals surface area (Å²) in [5, 5.41) is 6.12. The first-order valence-corrected chi connectivity index (χ1v) is 10.4. The van der Waals surface area contributed by atoms with E-state index in [1.165, 1.54) is 0 Å². The molecule has 3 aromatic rings. The molecule has 0 spiro atoms. The normalized spacial score (nSPS) is 13.5. The van der Waals surface area contributed by atoms with E-state index in [0.717, 1.165) is 5.56 Å². The number of methoxy groups -OCH3 is 2. The Labute approximate surface area is 195 Å². The van der Waals surface area contributed by atoms with E-state index in [1.807, 2.05) is 12.1 Å². The Morgan fingerprint density at radius 1 is 1.09 bits per heavy atom. The van der Waals surface area contributed by atoms with Gasteiger partial charge in [-0.05, 0) is 48.0 Å². The smallest absolute Gasteiger partial charge is 0.291 e. The molecular formula is C25H21ClN2O5. The molecule has 0 saturated carbocycles. The summed E-state index contributed by atoms with van der Waals surface area (Å²) >= 11 is 6.16. The van der Waals surface area contributed by atoms with Crippen molar-refractivity contribution >= 4 is 35.2 Å². The van der Waals surface area contributed by atoms with Crippen LogP contribution in [0, 0.1) is 0 Å². The number of anilines is 1. The Hall–Kier alpha value is -3.97. The third kappa shape index (κ3) is 4.94. The molecule has 1 aliphatic rings. The molecule has 0 unspecified atom stereocenters. The van der Waals surface area contributed by atoms with Gasteiger partial charge in [0.2, 0.25) is 0 Å². The van der Waals surface area contributed by atoms with Gasteiger partial charge in [-0.1, -0.05) is 29.8 Å². The largest absolute Gasteiger partial charge is 0.497 e. The van der Waals surface area contributed by atoms with Crippen LogP contribution in [0.4, 0.5) is 5.69 Å². The van der Waals surface area contributed by atoms with Crippen molar-refractivity contribution in [3.05, 3.63) is 88.1 Å². The van der Waals surface area contributed by atoms with Crippen molar-refractivity contribution in [1.29, 1.82) is 0 Å². The fraction of sp³-hybridized carbons (Fsp3) is 0.120. The number of carbonyl (C=O) groups excluding carboxylic acids is 2. The topological polar surface area (TPSA) is 85.9 Å². The number of hydrogen-bond donors (Lipinski definition) is 2. The van der Waals surface area contributed by atoms with Crippen LogP contribution in [0.25, 0.3) is 6.08 Å². The highest BCUT2D eigenvalue weighted by molar-refractivity contribution is 6.32. The van der Waals surface area contributed by atoms with Crippen molar-refractivity contribution in [3.8, 4) is 17.2 Å². The van der Waals surface area contributed by atoms with Crippen LogP contribution in [0.1, 0.15) is 21.5 Å². The lowest BCUT2D eigenvalue weighted by Gasteiger charge is -2.20. The second kappa shape index (κ2) is 9.67. The van der Waals surface area contributed by atoms with E-state index in [-0.39, 0.29) is 18.2 Å². The third-order valence-electron chi connectivity index (χ3n) is 5.06. The lowest BCUT2D eigenvalue weighted by molar-refractivity contribution is -0.115. The highest BCUT2D eigenvalue weighted by atomic mass is 35.5. The van der Waals surface area contributed by atoms with Gasteiger partial charge in [0.05, 0.1) is 19.9 Å². The number of hydrogen-bond acceptors (Lipinski definition) is 5. The van der Waals surface area contributed by atoms with Gasteiger partial charge in [0.1, 0.15) is 11.5 Å². The lowest BCUT2D eigenvalue weighted by Crippen LogP contribution is -2.26. The first-order chi connectivity index (χ1) is 16.0. The maximum Gasteiger partial charge on any atom is 0.291 e. The van der Waals surface area contributed by atoms with Crippen molar-refractivity contribution in [1.82, 2.24) is 5.32 Å². The summed E-state index contributed by atoms with van der Waals surface area (Å²) in [5.41, 5.74) is 2.25. The van der Waals surface area contributed by atoms with Gasteiger partial charge in [0, 0.05) is 28.8 Å². The van der Waals surface area contributed by atoms with Crippen molar-refractivity contribution in [2.75, 3.05) is 19.5 Å². The fourth-order valence-electron chi connectivity index (χ4n) is 3.31. The maximum atomic E-state index is 12.7. The summed E-state index contributed by atoms with van der Waals surface area (Å²) in [6.45, 7) is 0.261. The van der Waals surface area contributed by atoms with Gasteiger partial charge in [-0.15, -0.1) is 0 Å². The summed E-state index contributed by atoms with van der Waals surface area (Å²) in [6.07, 6.45) is 1.57. The predicted molar refractivity (Wildman–Crippen MR) is 126 cm³/mol. The molecule has 0 aliphatic carbocycles. The molecule has 0 radical (unpaired) electrons. The number of fused-ring (bicyclic) bond motifs is 1. The molecule has 4 rings (SSSR count). The first-order valence-electron chi connectivity index (χ1n) is 10.1. The quantitative estimate of drug-likeness (QED) is 0.518.